The number of rotatable bonds is 8. The smallest absolute Gasteiger partial charge is 0.310 e. The summed E-state index contributed by atoms with van der Waals surface area (Å²) in [5.41, 5.74) is 0.972. The van der Waals surface area contributed by atoms with E-state index in [0.717, 1.165) is 5.56 Å². The van der Waals surface area contributed by atoms with Crippen molar-refractivity contribution < 1.29 is 24.2 Å². The third-order valence-corrected chi connectivity index (χ3v) is 2.84. The standard InChI is InChI=1S/C15H21NO5/c1-11(12-6-4-3-5-7-12)16-14(18)8-13(17)9-15(19)21-10-20-2/h3-7,11,13,17H,8-10H2,1-2H3,(H,16,18)/t11?,13-/m1/s1. The molecule has 1 unspecified atom stereocenters. The van der Waals surface area contributed by atoms with Crippen LogP contribution in [0.5, 0.6) is 0 Å². The van der Waals surface area contributed by atoms with E-state index in [2.05, 4.69) is 14.8 Å². The lowest BCUT2D eigenvalue weighted by Gasteiger charge is -2.16. The largest absolute Gasteiger partial charge is 0.438 e. The van der Waals surface area contributed by atoms with Crippen molar-refractivity contribution in [2.24, 2.45) is 0 Å². The Kier molecular flexibility index (Phi) is 7.42. The van der Waals surface area contributed by atoms with Gasteiger partial charge in [-0.1, -0.05) is 30.3 Å². The van der Waals surface area contributed by atoms with E-state index in [4.69, 9.17) is 0 Å². The van der Waals surface area contributed by atoms with Crippen molar-refractivity contribution in [1.82, 2.24) is 5.32 Å². The number of carbonyl (C=O) groups is 2. The van der Waals surface area contributed by atoms with Gasteiger partial charge in [0.2, 0.25) is 5.91 Å². The molecular weight excluding hydrogens is 274 g/mol. The number of hydrogen-bond acceptors (Lipinski definition) is 5. The number of aliphatic hydroxyl groups excluding tert-OH is 1. The quantitative estimate of drug-likeness (QED) is 0.555. The summed E-state index contributed by atoms with van der Waals surface area (Å²) in [6.07, 6.45) is -1.47. The van der Waals surface area contributed by atoms with Gasteiger partial charge in [0.05, 0.1) is 25.0 Å². The van der Waals surface area contributed by atoms with Crippen LogP contribution in [0.4, 0.5) is 0 Å². The first kappa shape index (κ1) is 17.1. The van der Waals surface area contributed by atoms with Gasteiger partial charge >= 0.3 is 5.97 Å². The molecule has 116 valence electrons. The van der Waals surface area contributed by atoms with E-state index < -0.39 is 12.1 Å². The van der Waals surface area contributed by atoms with Crippen LogP contribution in [0, 0.1) is 0 Å². The molecule has 1 aromatic carbocycles. The highest BCUT2D eigenvalue weighted by atomic mass is 16.7. The SMILES string of the molecule is COCOC(=O)C[C@H](O)CC(=O)NC(C)c1ccccc1. The highest BCUT2D eigenvalue weighted by Gasteiger charge is 2.17. The van der Waals surface area contributed by atoms with Crippen molar-refractivity contribution in [2.45, 2.75) is 31.9 Å². The number of methoxy groups -OCH3 is 1. The second-order valence-electron chi connectivity index (χ2n) is 4.68. The summed E-state index contributed by atoms with van der Waals surface area (Å²) in [6, 6.07) is 9.32. The van der Waals surface area contributed by atoms with E-state index in [1.807, 2.05) is 37.3 Å². The number of esters is 1. The van der Waals surface area contributed by atoms with E-state index in [9.17, 15) is 14.7 Å². The molecule has 0 aromatic heterocycles. The lowest BCUT2D eigenvalue weighted by Crippen LogP contribution is -2.30. The van der Waals surface area contributed by atoms with Crippen molar-refractivity contribution in [2.75, 3.05) is 13.9 Å². The van der Waals surface area contributed by atoms with Crippen LogP contribution in [-0.2, 0) is 19.1 Å². The zero-order valence-electron chi connectivity index (χ0n) is 12.2. The van der Waals surface area contributed by atoms with Crippen LogP contribution < -0.4 is 5.32 Å². The Morgan fingerprint density at radius 1 is 1.24 bits per heavy atom. The Balaban J connectivity index is 2.34. The molecule has 0 aliphatic heterocycles. The second-order valence-corrected chi connectivity index (χ2v) is 4.68. The van der Waals surface area contributed by atoms with Gasteiger partial charge in [0.25, 0.3) is 0 Å². The molecule has 21 heavy (non-hydrogen) atoms. The molecule has 0 aliphatic rings. The van der Waals surface area contributed by atoms with Gasteiger partial charge in [-0.05, 0) is 12.5 Å². The van der Waals surface area contributed by atoms with Crippen LogP contribution in [0.3, 0.4) is 0 Å². The summed E-state index contributed by atoms with van der Waals surface area (Å²) in [5.74, 6) is -0.924. The Hall–Kier alpha value is -1.92. The Labute approximate surface area is 124 Å². The molecule has 6 heteroatoms. The summed E-state index contributed by atoms with van der Waals surface area (Å²) in [5, 5.41) is 12.4. The number of aliphatic hydroxyl groups is 1. The van der Waals surface area contributed by atoms with E-state index in [0.29, 0.717) is 0 Å². The normalized spacial score (nSPS) is 13.3. The van der Waals surface area contributed by atoms with Gasteiger partial charge < -0.3 is 19.9 Å². The van der Waals surface area contributed by atoms with Crippen LogP contribution in [0.2, 0.25) is 0 Å². The molecule has 0 radical (unpaired) electrons. The van der Waals surface area contributed by atoms with Gasteiger partial charge in [-0.25, -0.2) is 0 Å². The van der Waals surface area contributed by atoms with Crippen molar-refractivity contribution in [3.63, 3.8) is 0 Å². The Bertz CT molecular complexity index is 449. The topological polar surface area (TPSA) is 84.9 Å². The third-order valence-electron chi connectivity index (χ3n) is 2.84. The minimum absolute atomic E-state index is 0.154. The molecule has 1 rings (SSSR count). The maximum absolute atomic E-state index is 11.8. The van der Waals surface area contributed by atoms with Crippen molar-refractivity contribution in [1.29, 1.82) is 0 Å². The number of benzene rings is 1. The Morgan fingerprint density at radius 3 is 2.52 bits per heavy atom. The molecule has 1 aromatic rings. The predicted octanol–water partition coefficient (Wildman–Crippen LogP) is 1.15. The van der Waals surface area contributed by atoms with Crippen molar-refractivity contribution in [3.05, 3.63) is 35.9 Å². The average Bonchev–Trinajstić information content (AvgIpc) is 2.45. The van der Waals surface area contributed by atoms with Gasteiger partial charge in [-0.2, -0.15) is 0 Å². The lowest BCUT2D eigenvalue weighted by molar-refractivity contribution is -0.156. The molecule has 2 N–H and O–H groups in total. The lowest BCUT2D eigenvalue weighted by atomic mass is 10.1. The highest BCUT2D eigenvalue weighted by Crippen LogP contribution is 2.11. The fourth-order valence-corrected chi connectivity index (χ4v) is 1.79. The predicted molar refractivity (Wildman–Crippen MR) is 76.2 cm³/mol. The molecule has 0 saturated heterocycles. The molecule has 0 bridgehead atoms. The van der Waals surface area contributed by atoms with Crippen molar-refractivity contribution in [3.8, 4) is 0 Å². The second kappa shape index (κ2) is 9.10. The van der Waals surface area contributed by atoms with E-state index in [-0.39, 0.29) is 31.6 Å². The van der Waals surface area contributed by atoms with Crippen LogP contribution in [0.15, 0.2) is 30.3 Å². The Morgan fingerprint density at radius 2 is 1.90 bits per heavy atom. The maximum atomic E-state index is 11.8. The van der Waals surface area contributed by atoms with Crippen LogP contribution in [0.25, 0.3) is 0 Å². The molecular formula is C15H21NO5. The number of ether oxygens (including phenoxy) is 2. The van der Waals surface area contributed by atoms with E-state index in [1.165, 1.54) is 7.11 Å². The number of hydrogen-bond donors (Lipinski definition) is 2. The first-order valence-electron chi connectivity index (χ1n) is 6.70. The minimum atomic E-state index is -1.07. The summed E-state index contributed by atoms with van der Waals surface area (Å²) in [4.78, 5) is 23.0. The summed E-state index contributed by atoms with van der Waals surface area (Å²) in [7, 11) is 1.39. The van der Waals surface area contributed by atoms with Crippen LogP contribution in [-0.4, -0.2) is 37.0 Å². The number of nitrogens with one attached hydrogen (secondary N) is 1. The first-order chi connectivity index (χ1) is 10.0. The number of carbonyl (C=O) groups excluding carboxylic acids is 2. The van der Waals surface area contributed by atoms with E-state index in [1.54, 1.807) is 0 Å². The maximum Gasteiger partial charge on any atom is 0.310 e. The van der Waals surface area contributed by atoms with Gasteiger partial charge in [-0.15, -0.1) is 0 Å². The molecule has 0 saturated carbocycles. The fraction of sp³-hybridized carbons (Fsp3) is 0.467. The monoisotopic (exact) mass is 295 g/mol. The zero-order valence-corrected chi connectivity index (χ0v) is 12.2. The zero-order chi connectivity index (χ0) is 15.7. The van der Waals surface area contributed by atoms with Gasteiger partial charge in [-0.3, -0.25) is 9.59 Å². The van der Waals surface area contributed by atoms with Gasteiger partial charge in [0.1, 0.15) is 0 Å². The average molecular weight is 295 g/mol. The van der Waals surface area contributed by atoms with Crippen LogP contribution in [0.1, 0.15) is 31.4 Å². The molecule has 2 atom stereocenters. The molecule has 0 spiro atoms. The molecule has 0 fully saturated rings. The molecule has 6 nitrogen and oxygen atoms in total. The third kappa shape index (κ3) is 6.87. The van der Waals surface area contributed by atoms with Gasteiger partial charge in [0.15, 0.2) is 6.79 Å². The molecule has 1 amide bonds. The highest BCUT2D eigenvalue weighted by molar-refractivity contribution is 5.78. The van der Waals surface area contributed by atoms with Gasteiger partial charge in [0, 0.05) is 7.11 Å². The fourth-order valence-electron chi connectivity index (χ4n) is 1.79. The van der Waals surface area contributed by atoms with E-state index >= 15 is 0 Å². The minimum Gasteiger partial charge on any atom is -0.438 e. The molecule has 0 aliphatic carbocycles. The summed E-state index contributed by atoms with van der Waals surface area (Å²) >= 11 is 0. The first-order valence-corrected chi connectivity index (χ1v) is 6.70. The molecule has 0 heterocycles. The van der Waals surface area contributed by atoms with Crippen molar-refractivity contribution >= 4 is 11.9 Å². The number of amides is 1. The summed E-state index contributed by atoms with van der Waals surface area (Å²) in [6.45, 7) is 1.69. The van der Waals surface area contributed by atoms with Crippen LogP contribution >= 0.6 is 0 Å². The summed E-state index contributed by atoms with van der Waals surface area (Å²) < 4.78 is 9.21.